The molecule has 1 aliphatic rings. The second-order valence-electron chi connectivity index (χ2n) is 4.82. The summed E-state index contributed by atoms with van der Waals surface area (Å²) in [5, 5.41) is 2.86. The molecule has 1 amide bonds. The number of halogens is 1. The van der Waals surface area contributed by atoms with Gasteiger partial charge in [0, 0.05) is 11.1 Å². The Bertz CT molecular complexity index is 526. The number of nitrogens with one attached hydrogen (secondary N) is 1. The zero-order chi connectivity index (χ0) is 15.2. The molecule has 1 fully saturated rings. The number of ether oxygens (including phenoxy) is 2. The topological polar surface area (TPSA) is 64.6 Å². The summed E-state index contributed by atoms with van der Waals surface area (Å²) in [5.74, 6) is -0.550. The number of carbonyl (C=O) groups is 2. The largest absolute Gasteiger partial charge is 0.462 e. The Hall–Kier alpha value is -1.40. The lowest BCUT2D eigenvalue weighted by atomic mass is 10.0. The summed E-state index contributed by atoms with van der Waals surface area (Å²) in [4.78, 5) is 23.8. The van der Waals surface area contributed by atoms with E-state index in [4.69, 9.17) is 9.47 Å². The molecule has 1 atom stereocenters. The van der Waals surface area contributed by atoms with Crippen molar-refractivity contribution in [1.29, 1.82) is 0 Å². The van der Waals surface area contributed by atoms with E-state index in [1.54, 1.807) is 25.1 Å². The third-order valence-corrected chi connectivity index (χ3v) is 3.93. The van der Waals surface area contributed by atoms with Crippen LogP contribution in [0.5, 0.6) is 0 Å². The van der Waals surface area contributed by atoms with Gasteiger partial charge in [0.15, 0.2) is 0 Å². The third-order valence-electron chi connectivity index (χ3n) is 3.27. The average Bonchev–Trinajstić information content (AvgIpc) is 2.50. The number of amides is 1. The second kappa shape index (κ2) is 7.56. The highest BCUT2D eigenvalue weighted by Crippen LogP contribution is 2.25. The maximum Gasteiger partial charge on any atom is 0.338 e. The molecule has 0 aromatic heterocycles. The van der Waals surface area contributed by atoms with Crippen molar-refractivity contribution in [1.82, 2.24) is 0 Å². The molecule has 0 spiro atoms. The van der Waals surface area contributed by atoms with Crippen molar-refractivity contribution >= 4 is 33.5 Å². The third kappa shape index (κ3) is 4.28. The number of carbonyl (C=O) groups excluding carboxylic acids is 2. The van der Waals surface area contributed by atoms with Crippen molar-refractivity contribution in [2.75, 3.05) is 25.1 Å². The highest BCUT2D eigenvalue weighted by Gasteiger charge is 2.22. The highest BCUT2D eigenvalue weighted by molar-refractivity contribution is 9.10. The number of esters is 1. The molecule has 5 nitrogen and oxygen atoms in total. The quantitative estimate of drug-likeness (QED) is 0.843. The van der Waals surface area contributed by atoms with Gasteiger partial charge in [0.05, 0.1) is 30.4 Å². The summed E-state index contributed by atoms with van der Waals surface area (Å²) in [7, 11) is 0. The van der Waals surface area contributed by atoms with Crippen LogP contribution < -0.4 is 5.32 Å². The lowest BCUT2D eigenvalue weighted by Crippen LogP contribution is -2.30. The van der Waals surface area contributed by atoms with Crippen LogP contribution in [0.3, 0.4) is 0 Å². The van der Waals surface area contributed by atoms with Gasteiger partial charge in [0.25, 0.3) is 0 Å². The zero-order valence-electron chi connectivity index (χ0n) is 11.9. The van der Waals surface area contributed by atoms with Gasteiger partial charge in [-0.05, 0) is 53.9 Å². The molecule has 1 unspecified atom stereocenters. The Kier molecular flexibility index (Phi) is 5.76. The molecule has 1 aliphatic heterocycles. The van der Waals surface area contributed by atoms with Crippen molar-refractivity contribution in [3.63, 3.8) is 0 Å². The molecule has 1 N–H and O–H groups in total. The molecule has 6 heteroatoms. The number of hydrogen-bond donors (Lipinski definition) is 1. The van der Waals surface area contributed by atoms with Gasteiger partial charge in [-0.2, -0.15) is 0 Å². The molecule has 21 heavy (non-hydrogen) atoms. The van der Waals surface area contributed by atoms with Crippen molar-refractivity contribution in [2.45, 2.75) is 19.8 Å². The lowest BCUT2D eigenvalue weighted by molar-refractivity contribution is -0.123. The molecule has 0 saturated carbocycles. The van der Waals surface area contributed by atoms with Gasteiger partial charge in [-0.3, -0.25) is 4.79 Å². The summed E-state index contributed by atoms with van der Waals surface area (Å²) < 4.78 is 10.9. The van der Waals surface area contributed by atoms with Crippen molar-refractivity contribution < 1.29 is 19.1 Å². The molecule has 2 rings (SSSR count). The molecule has 0 bridgehead atoms. The second-order valence-corrected chi connectivity index (χ2v) is 5.67. The van der Waals surface area contributed by atoms with Gasteiger partial charge >= 0.3 is 5.97 Å². The molecule has 1 heterocycles. The molecule has 1 saturated heterocycles. The van der Waals surface area contributed by atoms with Crippen molar-refractivity contribution in [3.05, 3.63) is 28.2 Å². The maximum atomic E-state index is 12.1. The molecular formula is C15H18BrNO4. The van der Waals surface area contributed by atoms with E-state index in [0.717, 1.165) is 19.4 Å². The van der Waals surface area contributed by atoms with Gasteiger partial charge in [0.2, 0.25) is 5.91 Å². The van der Waals surface area contributed by atoms with Gasteiger partial charge in [-0.25, -0.2) is 4.79 Å². The van der Waals surface area contributed by atoms with Gasteiger partial charge in [-0.15, -0.1) is 0 Å². The van der Waals surface area contributed by atoms with Crippen LogP contribution in [-0.2, 0) is 14.3 Å². The SMILES string of the molecule is CCOC(=O)c1ccc(NC(=O)C2CCCOC2)c(Br)c1. The molecule has 114 valence electrons. The fraction of sp³-hybridized carbons (Fsp3) is 0.467. The van der Waals surface area contributed by atoms with E-state index < -0.39 is 0 Å². The molecule has 1 aromatic carbocycles. The summed E-state index contributed by atoms with van der Waals surface area (Å²) in [6.07, 6.45) is 1.74. The minimum Gasteiger partial charge on any atom is -0.462 e. The van der Waals surface area contributed by atoms with Crippen LogP contribution in [0, 0.1) is 5.92 Å². The van der Waals surface area contributed by atoms with Crippen LogP contribution in [0.2, 0.25) is 0 Å². The first-order valence-electron chi connectivity index (χ1n) is 6.97. The fourth-order valence-corrected chi connectivity index (χ4v) is 2.62. The average molecular weight is 356 g/mol. The normalized spacial score (nSPS) is 18.1. The van der Waals surface area contributed by atoms with E-state index >= 15 is 0 Å². The van der Waals surface area contributed by atoms with E-state index in [0.29, 0.717) is 28.9 Å². The van der Waals surface area contributed by atoms with Crippen LogP contribution in [-0.4, -0.2) is 31.7 Å². The Labute approximate surface area is 132 Å². The molecule has 0 aliphatic carbocycles. The van der Waals surface area contributed by atoms with Crippen molar-refractivity contribution in [3.8, 4) is 0 Å². The Morgan fingerprint density at radius 3 is 2.90 bits per heavy atom. The van der Waals surface area contributed by atoms with Crippen LogP contribution in [0.4, 0.5) is 5.69 Å². The predicted octanol–water partition coefficient (Wildman–Crippen LogP) is 2.99. The van der Waals surface area contributed by atoms with E-state index in [2.05, 4.69) is 21.2 Å². The number of anilines is 1. The first-order chi connectivity index (χ1) is 10.1. The van der Waals surface area contributed by atoms with E-state index in [9.17, 15) is 9.59 Å². The summed E-state index contributed by atoms with van der Waals surface area (Å²) in [6.45, 7) is 3.27. The Morgan fingerprint density at radius 2 is 2.29 bits per heavy atom. The van der Waals surface area contributed by atoms with Crippen LogP contribution in [0.1, 0.15) is 30.1 Å². The first-order valence-corrected chi connectivity index (χ1v) is 7.76. The van der Waals surface area contributed by atoms with Gasteiger partial charge in [0.1, 0.15) is 0 Å². The summed E-state index contributed by atoms with van der Waals surface area (Å²) >= 11 is 3.37. The smallest absolute Gasteiger partial charge is 0.338 e. The number of hydrogen-bond acceptors (Lipinski definition) is 4. The maximum absolute atomic E-state index is 12.1. The standard InChI is InChI=1S/C15H18BrNO4/c1-2-21-15(19)10-5-6-13(12(16)8-10)17-14(18)11-4-3-7-20-9-11/h5-6,8,11H,2-4,7,9H2,1H3,(H,17,18). The monoisotopic (exact) mass is 355 g/mol. The van der Waals surface area contributed by atoms with E-state index in [1.165, 1.54) is 0 Å². The predicted molar refractivity (Wildman–Crippen MR) is 82.3 cm³/mol. The first kappa shape index (κ1) is 16.0. The fourth-order valence-electron chi connectivity index (χ4n) is 2.14. The number of rotatable bonds is 4. The Balaban J connectivity index is 2.03. The summed E-state index contributed by atoms with van der Waals surface area (Å²) in [6, 6.07) is 4.97. The summed E-state index contributed by atoms with van der Waals surface area (Å²) in [5.41, 5.74) is 1.08. The minimum absolute atomic E-state index is 0.0562. The van der Waals surface area contributed by atoms with Gasteiger partial charge in [-0.1, -0.05) is 0 Å². The highest BCUT2D eigenvalue weighted by atomic mass is 79.9. The molecule has 1 aromatic rings. The van der Waals surface area contributed by atoms with Gasteiger partial charge < -0.3 is 14.8 Å². The Morgan fingerprint density at radius 1 is 1.48 bits per heavy atom. The lowest BCUT2D eigenvalue weighted by Gasteiger charge is -2.21. The zero-order valence-corrected chi connectivity index (χ0v) is 13.4. The number of benzene rings is 1. The minimum atomic E-state index is -0.378. The molecule has 0 radical (unpaired) electrons. The van der Waals surface area contributed by atoms with Crippen LogP contribution >= 0.6 is 15.9 Å². The van der Waals surface area contributed by atoms with E-state index in [-0.39, 0.29) is 17.8 Å². The van der Waals surface area contributed by atoms with Crippen LogP contribution in [0.15, 0.2) is 22.7 Å². The van der Waals surface area contributed by atoms with Crippen LogP contribution in [0.25, 0.3) is 0 Å². The molecular weight excluding hydrogens is 338 g/mol. The van der Waals surface area contributed by atoms with E-state index in [1.807, 2.05) is 0 Å². The van der Waals surface area contributed by atoms with Crippen molar-refractivity contribution in [2.24, 2.45) is 5.92 Å².